The van der Waals surface area contributed by atoms with Gasteiger partial charge in [0.15, 0.2) is 6.10 Å². The van der Waals surface area contributed by atoms with Crippen LogP contribution in [-0.4, -0.2) is 71.8 Å². The van der Waals surface area contributed by atoms with Crippen molar-refractivity contribution < 1.29 is 57.5 Å². The average Bonchev–Trinajstić information content (AvgIpc) is 3.29. The van der Waals surface area contributed by atoms with E-state index in [1.54, 1.807) is 34.6 Å². The van der Waals surface area contributed by atoms with Crippen molar-refractivity contribution in [3.8, 4) is 0 Å². The minimum atomic E-state index is -1.17. The van der Waals surface area contributed by atoms with E-state index in [1.807, 2.05) is 0 Å². The Morgan fingerprint density at radius 2 is 1.51 bits per heavy atom. The van der Waals surface area contributed by atoms with Gasteiger partial charge in [-0.15, -0.1) is 0 Å². The number of hydrogen-bond acceptors (Lipinski definition) is 12. The molecule has 0 aromatic carbocycles. The molecule has 3 aliphatic carbocycles. The average molecular weight is 579 g/mol. The summed E-state index contributed by atoms with van der Waals surface area (Å²) in [5.74, 6) is -5.79. The molecule has 0 radical (unpaired) electrons. The zero-order valence-electron chi connectivity index (χ0n) is 24.3. The van der Waals surface area contributed by atoms with Crippen molar-refractivity contribution >= 4 is 29.8 Å². The topological polar surface area (TPSA) is 161 Å². The summed E-state index contributed by atoms with van der Waals surface area (Å²) in [6.07, 6.45) is -3.13. The standard InChI is InChI=1S/C29H38O12/c1-11(13(3)37-15(5)30)24(33)39-21-18-9-29-17-8-20(32)23(29)28(18,7)27(35)40-22(21)19(29)10-36-26(17)41-25(34)12(2)14(4)38-16(6)31/h10-14,17-18,20-23,26,32H,8-9H2,1-7H3/t11?,12?,13?,14?,17-,18-,20+,21-,22+,23-,26-,28+,29-/m0/s1. The monoisotopic (exact) mass is 578 g/mol. The highest BCUT2D eigenvalue weighted by molar-refractivity contribution is 5.82. The first-order valence-electron chi connectivity index (χ1n) is 14.1. The van der Waals surface area contributed by atoms with Crippen LogP contribution in [0.4, 0.5) is 0 Å². The molecule has 5 aliphatic rings. The summed E-state index contributed by atoms with van der Waals surface area (Å²) in [6.45, 7) is 10.6. The van der Waals surface area contributed by atoms with Crippen LogP contribution in [-0.2, 0) is 52.4 Å². The Hall–Kier alpha value is -3.15. The highest BCUT2D eigenvalue weighted by atomic mass is 16.7. The fraction of sp³-hybridized carbons (Fsp3) is 0.759. The van der Waals surface area contributed by atoms with Crippen molar-refractivity contribution in [1.82, 2.24) is 0 Å². The first kappa shape index (κ1) is 29.3. The molecule has 41 heavy (non-hydrogen) atoms. The van der Waals surface area contributed by atoms with Gasteiger partial charge in [-0.25, -0.2) is 0 Å². The molecule has 4 unspecified atom stereocenters. The fourth-order valence-electron chi connectivity index (χ4n) is 8.07. The summed E-state index contributed by atoms with van der Waals surface area (Å²) in [4.78, 5) is 62.4. The molecule has 0 aromatic rings. The number of esters is 5. The Morgan fingerprint density at radius 1 is 0.951 bits per heavy atom. The molecule has 3 bridgehead atoms. The van der Waals surface area contributed by atoms with E-state index in [4.69, 9.17) is 28.4 Å². The lowest BCUT2D eigenvalue weighted by Gasteiger charge is -2.51. The number of rotatable bonds is 8. The van der Waals surface area contributed by atoms with Crippen LogP contribution in [0.2, 0.25) is 0 Å². The van der Waals surface area contributed by atoms with Gasteiger partial charge < -0.3 is 33.5 Å². The van der Waals surface area contributed by atoms with Crippen molar-refractivity contribution in [2.75, 3.05) is 0 Å². The van der Waals surface area contributed by atoms with Crippen molar-refractivity contribution in [2.45, 2.75) is 98.1 Å². The van der Waals surface area contributed by atoms with Crippen LogP contribution in [0, 0.1) is 40.4 Å². The first-order valence-corrected chi connectivity index (χ1v) is 14.1. The molecule has 12 heteroatoms. The van der Waals surface area contributed by atoms with E-state index in [0.717, 1.165) is 0 Å². The Bertz CT molecular complexity index is 1190. The maximum absolute atomic E-state index is 13.5. The number of aliphatic hydroxyl groups excluding tert-OH is 1. The Labute approximate surface area is 238 Å². The van der Waals surface area contributed by atoms with Crippen molar-refractivity contribution in [3.05, 3.63) is 11.8 Å². The second-order valence-electron chi connectivity index (χ2n) is 12.5. The van der Waals surface area contributed by atoms with Crippen molar-refractivity contribution in [3.63, 3.8) is 0 Å². The van der Waals surface area contributed by atoms with Crippen LogP contribution in [0.1, 0.15) is 61.3 Å². The third-order valence-corrected chi connectivity index (χ3v) is 10.3. The molecule has 2 aliphatic heterocycles. The molecule has 2 heterocycles. The van der Waals surface area contributed by atoms with Crippen molar-refractivity contribution in [2.24, 2.45) is 40.4 Å². The summed E-state index contributed by atoms with van der Waals surface area (Å²) in [7, 11) is 0. The SMILES string of the molecule is CC(=O)OC(C)C(C)C(=O)O[C@@H]1OC=C2[C@H]3OC(=O)[C@]4(C)[C@@H](C[C@]25[C@H]1C[C@@H](O)[C@@H]45)[C@@H]3OC(=O)C(C)C(C)OC(C)=O. The molecule has 3 saturated carbocycles. The molecule has 1 N–H and O–H groups in total. The van der Waals surface area contributed by atoms with E-state index < -0.39 is 107 Å². The van der Waals surface area contributed by atoms with E-state index in [9.17, 15) is 29.1 Å². The molecule has 226 valence electrons. The highest BCUT2D eigenvalue weighted by Gasteiger charge is 2.82. The van der Waals surface area contributed by atoms with Gasteiger partial charge in [-0.1, -0.05) is 0 Å². The minimum Gasteiger partial charge on any atom is -0.462 e. The Balaban J connectivity index is 1.44. The van der Waals surface area contributed by atoms with Gasteiger partial charge in [0, 0.05) is 42.6 Å². The number of hydrogen-bond donors (Lipinski definition) is 1. The summed E-state index contributed by atoms with van der Waals surface area (Å²) in [5.41, 5.74) is -1.34. The van der Waals surface area contributed by atoms with Crippen LogP contribution in [0.3, 0.4) is 0 Å². The molecular formula is C29H38O12. The van der Waals surface area contributed by atoms with Gasteiger partial charge in [-0.2, -0.15) is 0 Å². The summed E-state index contributed by atoms with van der Waals surface area (Å²) >= 11 is 0. The van der Waals surface area contributed by atoms with Gasteiger partial charge >= 0.3 is 29.8 Å². The molecule has 1 saturated heterocycles. The number of carbonyl (C=O) groups is 5. The quantitative estimate of drug-likeness (QED) is 0.329. The Kier molecular flexibility index (Phi) is 7.15. The molecule has 4 fully saturated rings. The minimum absolute atomic E-state index is 0.234. The van der Waals surface area contributed by atoms with E-state index in [-0.39, 0.29) is 6.42 Å². The van der Waals surface area contributed by atoms with Gasteiger partial charge in [0.1, 0.15) is 18.3 Å². The predicted octanol–water partition coefficient (Wildman–Crippen LogP) is 1.81. The van der Waals surface area contributed by atoms with Gasteiger partial charge in [-0.3, -0.25) is 24.0 Å². The summed E-state index contributed by atoms with van der Waals surface area (Å²) in [6, 6.07) is 0. The van der Waals surface area contributed by atoms with Crippen LogP contribution in [0.15, 0.2) is 11.8 Å². The molecule has 12 nitrogen and oxygen atoms in total. The lowest BCUT2D eigenvalue weighted by Crippen LogP contribution is -2.59. The smallest absolute Gasteiger partial charge is 0.315 e. The van der Waals surface area contributed by atoms with E-state index in [0.29, 0.717) is 12.0 Å². The maximum atomic E-state index is 13.5. The molecule has 13 atom stereocenters. The number of carbonyl (C=O) groups excluding carboxylic acids is 5. The molecule has 0 aromatic heterocycles. The van der Waals surface area contributed by atoms with Crippen LogP contribution in [0.5, 0.6) is 0 Å². The maximum Gasteiger partial charge on any atom is 0.315 e. The number of ether oxygens (including phenoxy) is 6. The first-order chi connectivity index (χ1) is 19.1. The second-order valence-corrected chi connectivity index (χ2v) is 12.5. The van der Waals surface area contributed by atoms with Crippen LogP contribution >= 0.6 is 0 Å². The van der Waals surface area contributed by atoms with E-state index in [1.165, 1.54) is 20.1 Å². The lowest BCUT2D eigenvalue weighted by atomic mass is 9.61. The molecular weight excluding hydrogens is 540 g/mol. The third-order valence-electron chi connectivity index (χ3n) is 10.3. The van der Waals surface area contributed by atoms with Gasteiger partial charge in [0.05, 0.1) is 29.6 Å². The fourth-order valence-corrected chi connectivity index (χ4v) is 8.07. The Morgan fingerprint density at radius 3 is 2.07 bits per heavy atom. The second kappa shape index (κ2) is 9.99. The van der Waals surface area contributed by atoms with Gasteiger partial charge in [-0.05, 0) is 47.5 Å². The summed E-state index contributed by atoms with van der Waals surface area (Å²) < 4.78 is 33.9. The zero-order valence-corrected chi connectivity index (χ0v) is 24.3. The lowest BCUT2D eigenvalue weighted by molar-refractivity contribution is -0.216. The van der Waals surface area contributed by atoms with E-state index >= 15 is 0 Å². The van der Waals surface area contributed by atoms with Crippen molar-refractivity contribution in [1.29, 1.82) is 0 Å². The molecule has 5 rings (SSSR count). The van der Waals surface area contributed by atoms with Gasteiger partial charge in [0.25, 0.3) is 0 Å². The zero-order chi connectivity index (χ0) is 30.2. The highest BCUT2D eigenvalue weighted by Crippen LogP contribution is 2.77. The number of fused-ring (bicyclic) bond motifs is 3. The van der Waals surface area contributed by atoms with Gasteiger partial charge in [0.2, 0.25) is 6.29 Å². The van der Waals surface area contributed by atoms with E-state index in [2.05, 4.69) is 0 Å². The van der Waals surface area contributed by atoms with Crippen LogP contribution < -0.4 is 0 Å². The third kappa shape index (κ3) is 4.23. The number of aliphatic hydroxyl groups is 1. The molecule has 0 amide bonds. The normalized spacial score (nSPS) is 40.5. The van der Waals surface area contributed by atoms with Crippen LogP contribution in [0.25, 0.3) is 0 Å². The predicted molar refractivity (Wildman–Crippen MR) is 136 cm³/mol. The largest absolute Gasteiger partial charge is 0.462 e. The summed E-state index contributed by atoms with van der Waals surface area (Å²) in [5, 5.41) is 11.4. The molecule has 1 spiro atoms.